The zero-order chi connectivity index (χ0) is 29.7. The molecule has 0 saturated heterocycles. The normalized spacial score (nSPS) is 14.7. The Morgan fingerprint density at radius 3 is 2.46 bits per heavy atom. The van der Waals surface area contributed by atoms with Gasteiger partial charge in [0.1, 0.15) is 41.7 Å². The van der Waals surface area contributed by atoms with E-state index in [1.807, 2.05) is 13.8 Å². The molecule has 0 fully saturated rings. The SMILES string of the molecule is COc1cc(OC)c2c(=O)[nH]c(-c3cc(C)c(OCCOC(=O)ONS(=O)(=O)C4C=CC=CN4C)c(C)c3)nc2c1. The number of likely N-dealkylation sites (N-methyl/N-ethyl adjacent to an activating group) is 1. The van der Waals surface area contributed by atoms with E-state index in [1.165, 1.54) is 25.2 Å². The van der Waals surface area contributed by atoms with Gasteiger partial charge in [0.2, 0.25) is 0 Å². The molecule has 2 N–H and O–H groups in total. The Morgan fingerprint density at radius 1 is 1.07 bits per heavy atom. The first kappa shape index (κ1) is 29.4. The maximum absolute atomic E-state index is 12.9. The van der Waals surface area contributed by atoms with Gasteiger partial charge in [0.25, 0.3) is 15.6 Å². The summed E-state index contributed by atoms with van der Waals surface area (Å²) in [6.45, 7) is 3.43. The van der Waals surface area contributed by atoms with Crippen LogP contribution in [0.5, 0.6) is 17.2 Å². The lowest BCUT2D eigenvalue weighted by Gasteiger charge is -2.25. The molecule has 4 rings (SSSR count). The molecule has 0 bridgehead atoms. The van der Waals surface area contributed by atoms with Gasteiger partial charge < -0.3 is 33.7 Å². The molecule has 1 atom stereocenters. The van der Waals surface area contributed by atoms with Gasteiger partial charge in [0.15, 0.2) is 5.37 Å². The van der Waals surface area contributed by atoms with Crippen LogP contribution in [0.2, 0.25) is 0 Å². The smallest absolute Gasteiger partial charge is 0.497 e. The van der Waals surface area contributed by atoms with Crippen LogP contribution in [0.25, 0.3) is 22.3 Å². The minimum absolute atomic E-state index is 0.0214. The largest absolute Gasteiger partial charge is 0.528 e. The number of fused-ring (bicyclic) bond motifs is 1. The number of benzene rings is 2. The summed E-state index contributed by atoms with van der Waals surface area (Å²) in [4.78, 5) is 39.9. The molecule has 1 aliphatic rings. The third-order valence-corrected chi connectivity index (χ3v) is 7.59. The number of aromatic nitrogens is 2. The number of carbonyl (C=O) groups excluding carboxylic acids is 1. The molecule has 0 spiro atoms. The molecule has 0 radical (unpaired) electrons. The molecule has 3 aromatic rings. The van der Waals surface area contributed by atoms with Crippen molar-refractivity contribution in [2.75, 3.05) is 34.5 Å². The van der Waals surface area contributed by atoms with Crippen LogP contribution in [0.4, 0.5) is 4.79 Å². The number of rotatable bonds is 10. The predicted molar refractivity (Wildman–Crippen MR) is 150 cm³/mol. The molecular formula is C27H30N4O9S. The van der Waals surface area contributed by atoms with Crippen molar-refractivity contribution in [2.24, 2.45) is 0 Å². The number of hydrogen-bond acceptors (Lipinski definition) is 11. The highest BCUT2D eigenvalue weighted by Crippen LogP contribution is 2.31. The number of hydrogen-bond donors (Lipinski definition) is 2. The fourth-order valence-electron chi connectivity index (χ4n) is 4.27. The summed E-state index contributed by atoms with van der Waals surface area (Å²) in [5.41, 5.74) is 2.22. The first-order chi connectivity index (χ1) is 19.5. The van der Waals surface area contributed by atoms with Gasteiger partial charge in [0, 0.05) is 30.9 Å². The number of H-pyrrole nitrogens is 1. The van der Waals surface area contributed by atoms with Crippen LogP contribution >= 0.6 is 0 Å². The van der Waals surface area contributed by atoms with Gasteiger partial charge in [-0.05, 0) is 54.1 Å². The maximum Gasteiger partial charge on any atom is 0.528 e. The molecule has 0 amide bonds. The molecule has 0 aliphatic carbocycles. The van der Waals surface area contributed by atoms with Crippen molar-refractivity contribution in [3.8, 4) is 28.6 Å². The Morgan fingerprint density at radius 2 is 1.80 bits per heavy atom. The molecule has 1 aliphatic heterocycles. The monoisotopic (exact) mass is 586 g/mol. The van der Waals surface area contributed by atoms with E-state index in [4.69, 9.17) is 18.9 Å². The van der Waals surface area contributed by atoms with Crippen LogP contribution < -0.4 is 24.7 Å². The first-order valence-electron chi connectivity index (χ1n) is 12.4. The molecule has 1 aromatic heterocycles. The van der Waals surface area contributed by atoms with Gasteiger partial charge in [-0.1, -0.05) is 6.08 Å². The summed E-state index contributed by atoms with van der Waals surface area (Å²) in [5.74, 6) is 1.77. The van der Waals surface area contributed by atoms with Crippen molar-refractivity contribution in [2.45, 2.75) is 19.2 Å². The average Bonchev–Trinajstić information content (AvgIpc) is 2.94. The quantitative estimate of drug-likeness (QED) is 0.204. The molecule has 1 unspecified atom stereocenters. The summed E-state index contributed by atoms with van der Waals surface area (Å²) in [5, 5.41) is -0.724. The minimum atomic E-state index is -4.02. The molecule has 14 heteroatoms. The highest BCUT2D eigenvalue weighted by Gasteiger charge is 2.28. The second-order valence-electron chi connectivity index (χ2n) is 9.04. The number of carbonyl (C=O) groups is 1. The molecule has 13 nitrogen and oxygen atoms in total. The Hall–Kier alpha value is -4.56. The van der Waals surface area contributed by atoms with Crippen LogP contribution in [0, 0.1) is 13.8 Å². The second-order valence-corrected chi connectivity index (χ2v) is 10.8. The Kier molecular flexibility index (Phi) is 8.83. The number of allylic oxidation sites excluding steroid dienone is 2. The van der Waals surface area contributed by atoms with Crippen LogP contribution in [-0.2, 0) is 19.6 Å². The third-order valence-electron chi connectivity index (χ3n) is 6.15. The van der Waals surface area contributed by atoms with E-state index in [1.54, 1.807) is 54.6 Å². The van der Waals surface area contributed by atoms with Crippen molar-refractivity contribution in [3.05, 3.63) is 70.2 Å². The van der Waals surface area contributed by atoms with E-state index in [-0.39, 0.29) is 18.8 Å². The van der Waals surface area contributed by atoms with Gasteiger partial charge in [-0.25, -0.2) is 18.2 Å². The first-order valence-corrected chi connectivity index (χ1v) is 13.9. The number of ether oxygens (including phenoxy) is 4. The van der Waals surface area contributed by atoms with E-state index >= 15 is 0 Å². The van der Waals surface area contributed by atoms with Crippen LogP contribution in [0.3, 0.4) is 0 Å². The predicted octanol–water partition coefficient (Wildman–Crippen LogP) is 2.93. The van der Waals surface area contributed by atoms with E-state index in [9.17, 15) is 18.0 Å². The van der Waals surface area contributed by atoms with Crippen molar-refractivity contribution < 1.29 is 37.0 Å². The second kappa shape index (κ2) is 12.3. The molecule has 2 aromatic carbocycles. The van der Waals surface area contributed by atoms with Crippen molar-refractivity contribution in [1.29, 1.82) is 0 Å². The van der Waals surface area contributed by atoms with Crippen molar-refractivity contribution in [3.63, 3.8) is 0 Å². The van der Waals surface area contributed by atoms with E-state index in [2.05, 4.69) is 14.8 Å². The maximum atomic E-state index is 12.9. The lowest BCUT2D eigenvalue weighted by Crippen LogP contribution is -2.42. The van der Waals surface area contributed by atoms with Gasteiger partial charge in [0.05, 0.1) is 19.7 Å². The van der Waals surface area contributed by atoms with Gasteiger partial charge in [-0.2, -0.15) is 0 Å². The number of nitrogens with one attached hydrogen (secondary N) is 2. The van der Waals surface area contributed by atoms with Gasteiger partial charge >= 0.3 is 6.16 Å². The topological polar surface area (TPSA) is 158 Å². The zero-order valence-electron chi connectivity index (χ0n) is 23.1. The highest BCUT2D eigenvalue weighted by atomic mass is 32.2. The van der Waals surface area contributed by atoms with Crippen molar-refractivity contribution in [1.82, 2.24) is 19.8 Å². The summed E-state index contributed by atoms with van der Waals surface area (Å²) < 4.78 is 46.0. The van der Waals surface area contributed by atoms with Gasteiger partial charge in [-0.15, -0.1) is 0 Å². The molecule has 218 valence electrons. The Bertz CT molecular complexity index is 1660. The molecule has 2 heterocycles. The van der Waals surface area contributed by atoms with E-state index < -0.39 is 21.6 Å². The number of aromatic amines is 1. The summed E-state index contributed by atoms with van der Waals surface area (Å²) >= 11 is 0. The number of sulfonamides is 1. The molecular weight excluding hydrogens is 556 g/mol. The van der Waals surface area contributed by atoms with Crippen LogP contribution in [-0.4, -0.2) is 69.3 Å². The Balaban J connectivity index is 1.38. The standard InChI is InChI=1S/C27H30N4O9S/c1-16-12-18(25-28-20-14-19(36-4)15-21(37-5)23(20)26(32)29-25)13-17(2)24(16)38-10-11-39-27(33)40-30-41(34,35)22-8-6-7-9-31(22)3/h6-9,12-15,22,30H,10-11H2,1-5H3,(H,28,29,32). The number of nitrogens with zero attached hydrogens (tertiary/aromatic N) is 2. The Labute approximate surface area is 236 Å². The van der Waals surface area contributed by atoms with Crippen LogP contribution in [0.1, 0.15) is 11.1 Å². The fourth-order valence-corrected chi connectivity index (χ4v) is 5.36. The zero-order valence-corrected chi connectivity index (χ0v) is 23.9. The molecule has 0 saturated carbocycles. The number of methoxy groups -OCH3 is 2. The van der Waals surface area contributed by atoms with Gasteiger partial charge in [-0.3, -0.25) is 4.79 Å². The summed E-state index contributed by atoms with van der Waals surface area (Å²) in [6, 6.07) is 6.89. The van der Waals surface area contributed by atoms with Crippen LogP contribution in [0.15, 0.2) is 53.5 Å². The lowest BCUT2D eigenvalue weighted by molar-refractivity contribution is 0.0311. The minimum Gasteiger partial charge on any atom is -0.497 e. The van der Waals surface area contributed by atoms with Crippen molar-refractivity contribution >= 4 is 27.1 Å². The third kappa shape index (κ3) is 6.61. The fraction of sp³-hybridized carbons (Fsp3) is 0.296. The summed E-state index contributed by atoms with van der Waals surface area (Å²) in [7, 11) is 0.538. The average molecular weight is 587 g/mol. The lowest BCUT2D eigenvalue weighted by atomic mass is 10.0. The summed E-state index contributed by atoms with van der Waals surface area (Å²) in [6.07, 6.45) is 5.03. The molecule has 41 heavy (non-hydrogen) atoms. The van der Waals surface area contributed by atoms with E-state index in [0.29, 0.717) is 39.5 Å². The number of aryl methyl sites for hydroxylation is 2. The highest BCUT2D eigenvalue weighted by molar-refractivity contribution is 7.90. The van der Waals surface area contributed by atoms with E-state index in [0.717, 1.165) is 11.1 Å².